The lowest BCUT2D eigenvalue weighted by Gasteiger charge is -2.06. The number of halogens is 1. The van der Waals surface area contributed by atoms with E-state index >= 15 is 0 Å². The first-order chi connectivity index (χ1) is 8.20. The standard InChI is InChI=1S/C13H11ClN2O/c14-11-5-1-9(2-6-11)13(16-15)10-3-7-12(17)8-4-10/h1-8,17H,15H2. The van der Waals surface area contributed by atoms with Gasteiger partial charge in [-0.1, -0.05) is 23.7 Å². The Kier molecular flexibility index (Phi) is 3.30. The molecule has 3 nitrogen and oxygen atoms in total. The van der Waals surface area contributed by atoms with E-state index in [0.717, 1.165) is 11.1 Å². The molecule has 4 heteroatoms. The second kappa shape index (κ2) is 4.89. The number of rotatable bonds is 2. The minimum atomic E-state index is 0.209. The van der Waals surface area contributed by atoms with Crippen LogP contribution in [-0.4, -0.2) is 10.8 Å². The van der Waals surface area contributed by atoms with Crippen LogP contribution in [-0.2, 0) is 0 Å². The van der Waals surface area contributed by atoms with E-state index in [1.165, 1.54) is 0 Å². The molecule has 0 aromatic heterocycles. The van der Waals surface area contributed by atoms with Crippen LogP contribution in [0.5, 0.6) is 5.75 Å². The smallest absolute Gasteiger partial charge is 0.115 e. The highest BCUT2D eigenvalue weighted by molar-refractivity contribution is 6.30. The number of phenolic OH excluding ortho intramolecular Hbond substituents is 1. The summed E-state index contributed by atoms with van der Waals surface area (Å²) >= 11 is 5.82. The van der Waals surface area contributed by atoms with Crippen LogP contribution >= 0.6 is 11.6 Å². The van der Waals surface area contributed by atoms with Crippen LogP contribution in [0.4, 0.5) is 0 Å². The van der Waals surface area contributed by atoms with Gasteiger partial charge in [-0.05, 0) is 36.4 Å². The monoisotopic (exact) mass is 246 g/mol. The number of nitrogens with two attached hydrogens (primary N) is 1. The Morgan fingerprint density at radius 3 is 1.88 bits per heavy atom. The maximum absolute atomic E-state index is 9.23. The second-order valence-electron chi connectivity index (χ2n) is 3.53. The first-order valence-corrected chi connectivity index (χ1v) is 5.42. The minimum absolute atomic E-state index is 0.209. The maximum Gasteiger partial charge on any atom is 0.115 e. The average molecular weight is 247 g/mol. The molecule has 2 aromatic rings. The Labute approximate surface area is 104 Å². The van der Waals surface area contributed by atoms with Crippen molar-refractivity contribution in [3.63, 3.8) is 0 Å². The van der Waals surface area contributed by atoms with Crippen molar-refractivity contribution >= 4 is 17.3 Å². The molecule has 0 saturated carbocycles. The van der Waals surface area contributed by atoms with Gasteiger partial charge in [-0.25, -0.2) is 0 Å². The molecule has 2 rings (SSSR count). The van der Waals surface area contributed by atoms with Crippen LogP contribution in [0.15, 0.2) is 53.6 Å². The first-order valence-electron chi connectivity index (χ1n) is 5.04. The fourth-order valence-electron chi connectivity index (χ4n) is 1.54. The third-order valence-corrected chi connectivity index (χ3v) is 2.64. The summed E-state index contributed by atoms with van der Waals surface area (Å²) in [6.07, 6.45) is 0. The predicted octanol–water partition coefficient (Wildman–Crippen LogP) is 2.76. The van der Waals surface area contributed by atoms with Crippen LogP contribution in [0, 0.1) is 0 Å². The quantitative estimate of drug-likeness (QED) is 0.486. The van der Waals surface area contributed by atoms with Crippen molar-refractivity contribution in [2.45, 2.75) is 0 Å². The lowest BCUT2D eigenvalue weighted by molar-refractivity contribution is 0.475. The van der Waals surface area contributed by atoms with E-state index in [4.69, 9.17) is 17.4 Å². The van der Waals surface area contributed by atoms with Crippen molar-refractivity contribution in [2.24, 2.45) is 10.9 Å². The molecule has 17 heavy (non-hydrogen) atoms. The predicted molar refractivity (Wildman–Crippen MR) is 69.4 cm³/mol. The molecular formula is C13H11ClN2O. The van der Waals surface area contributed by atoms with Gasteiger partial charge in [-0.15, -0.1) is 0 Å². The fraction of sp³-hybridized carbons (Fsp3) is 0. The molecule has 0 unspecified atom stereocenters. The van der Waals surface area contributed by atoms with Crippen LogP contribution in [0.2, 0.25) is 5.02 Å². The number of hydrazone groups is 1. The van der Waals surface area contributed by atoms with E-state index in [2.05, 4.69) is 5.10 Å². The molecule has 0 heterocycles. The minimum Gasteiger partial charge on any atom is -0.508 e. The zero-order valence-electron chi connectivity index (χ0n) is 8.97. The topological polar surface area (TPSA) is 58.6 Å². The van der Waals surface area contributed by atoms with E-state index < -0.39 is 0 Å². The van der Waals surface area contributed by atoms with Crippen molar-refractivity contribution in [2.75, 3.05) is 0 Å². The Balaban J connectivity index is 2.41. The van der Waals surface area contributed by atoms with Gasteiger partial charge >= 0.3 is 0 Å². The lowest BCUT2D eigenvalue weighted by atomic mass is 10.0. The van der Waals surface area contributed by atoms with Gasteiger partial charge in [0.05, 0.1) is 5.71 Å². The number of hydrogen-bond donors (Lipinski definition) is 2. The van der Waals surface area contributed by atoms with E-state index in [1.54, 1.807) is 36.4 Å². The van der Waals surface area contributed by atoms with Gasteiger partial charge in [0.25, 0.3) is 0 Å². The molecule has 0 spiro atoms. The summed E-state index contributed by atoms with van der Waals surface area (Å²) in [6, 6.07) is 14.0. The van der Waals surface area contributed by atoms with Crippen molar-refractivity contribution < 1.29 is 5.11 Å². The van der Waals surface area contributed by atoms with Crippen molar-refractivity contribution in [1.82, 2.24) is 0 Å². The van der Waals surface area contributed by atoms with Crippen molar-refractivity contribution in [1.29, 1.82) is 0 Å². The van der Waals surface area contributed by atoms with Gasteiger partial charge in [0.1, 0.15) is 5.75 Å². The lowest BCUT2D eigenvalue weighted by Crippen LogP contribution is -2.05. The summed E-state index contributed by atoms with van der Waals surface area (Å²) in [4.78, 5) is 0. The first kappa shape index (κ1) is 11.5. The van der Waals surface area contributed by atoms with E-state index in [-0.39, 0.29) is 5.75 Å². The molecule has 0 bridgehead atoms. The number of hydrogen-bond acceptors (Lipinski definition) is 3. The largest absolute Gasteiger partial charge is 0.508 e. The van der Waals surface area contributed by atoms with Crippen LogP contribution in [0.25, 0.3) is 0 Å². The van der Waals surface area contributed by atoms with Gasteiger partial charge in [-0.3, -0.25) is 0 Å². The zero-order chi connectivity index (χ0) is 12.3. The normalized spacial score (nSPS) is 11.5. The Bertz CT molecular complexity index is 485. The highest BCUT2D eigenvalue weighted by Crippen LogP contribution is 2.16. The van der Waals surface area contributed by atoms with Gasteiger partial charge < -0.3 is 10.9 Å². The molecule has 0 amide bonds. The molecule has 0 fully saturated rings. The summed E-state index contributed by atoms with van der Waals surface area (Å²) in [5.74, 6) is 5.61. The number of nitrogens with zero attached hydrogens (tertiary/aromatic N) is 1. The van der Waals surface area contributed by atoms with Gasteiger partial charge in [0, 0.05) is 16.1 Å². The summed E-state index contributed by atoms with van der Waals surface area (Å²) in [6.45, 7) is 0. The highest BCUT2D eigenvalue weighted by atomic mass is 35.5. The Morgan fingerprint density at radius 1 is 0.941 bits per heavy atom. The number of phenols is 1. The molecule has 3 N–H and O–H groups in total. The third-order valence-electron chi connectivity index (χ3n) is 2.39. The van der Waals surface area contributed by atoms with Crippen LogP contribution < -0.4 is 5.84 Å². The summed E-state index contributed by atoms with van der Waals surface area (Å²) in [5.41, 5.74) is 2.37. The molecule has 0 radical (unpaired) electrons. The molecule has 0 aliphatic rings. The molecule has 2 aromatic carbocycles. The number of aromatic hydroxyl groups is 1. The van der Waals surface area contributed by atoms with Gasteiger partial charge in [0.15, 0.2) is 0 Å². The summed E-state index contributed by atoms with van der Waals surface area (Å²) < 4.78 is 0. The maximum atomic E-state index is 9.23. The van der Waals surface area contributed by atoms with Gasteiger partial charge in [0.2, 0.25) is 0 Å². The Hall–Kier alpha value is -2.00. The van der Waals surface area contributed by atoms with Crippen molar-refractivity contribution in [3.8, 4) is 5.75 Å². The third kappa shape index (κ3) is 2.57. The Morgan fingerprint density at radius 2 is 1.41 bits per heavy atom. The van der Waals surface area contributed by atoms with Gasteiger partial charge in [-0.2, -0.15) is 5.10 Å². The molecule has 0 saturated heterocycles. The zero-order valence-corrected chi connectivity index (χ0v) is 9.72. The molecule has 0 atom stereocenters. The SMILES string of the molecule is NN=C(c1ccc(O)cc1)c1ccc(Cl)cc1. The van der Waals surface area contributed by atoms with Crippen LogP contribution in [0.3, 0.4) is 0 Å². The fourth-order valence-corrected chi connectivity index (χ4v) is 1.67. The molecule has 0 aliphatic carbocycles. The van der Waals surface area contributed by atoms with Crippen LogP contribution in [0.1, 0.15) is 11.1 Å². The molecular weight excluding hydrogens is 236 g/mol. The molecule has 0 aliphatic heterocycles. The summed E-state index contributed by atoms with van der Waals surface area (Å²) in [5, 5.41) is 13.7. The van der Waals surface area contributed by atoms with E-state index in [9.17, 15) is 5.11 Å². The second-order valence-corrected chi connectivity index (χ2v) is 3.97. The number of benzene rings is 2. The van der Waals surface area contributed by atoms with Crippen molar-refractivity contribution in [3.05, 3.63) is 64.7 Å². The highest BCUT2D eigenvalue weighted by Gasteiger charge is 2.06. The van der Waals surface area contributed by atoms with E-state index in [0.29, 0.717) is 10.7 Å². The van der Waals surface area contributed by atoms with E-state index in [1.807, 2.05) is 12.1 Å². The summed E-state index contributed by atoms with van der Waals surface area (Å²) in [7, 11) is 0. The molecule has 86 valence electrons. The average Bonchev–Trinajstić information content (AvgIpc) is 2.35.